The largest absolute Gasteiger partial charge is 0.378 e. The van der Waals surface area contributed by atoms with Gasteiger partial charge in [-0.1, -0.05) is 35.8 Å². The molecular formula is C19H22Cl2N2O2. The molecule has 1 saturated heterocycles. The summed E-state index contributed by atoms with van der Waals surface area (Å²) in [6.45, 7) is 3.85. The number of amides is 1. The topological polar surface area (TPSA) is 58.2 Å². The summed E-state index contributed by atoms with van der Waals surface area (Å²) >= 11 is 12.3. The maximum absolute atomic E-state index is 12.5. The lowest BCUT2D eigenvalue weighted by Gasteiger charge is -2.37. The highest BCUT2D eigenvalue weighted by Gasteiger charge is 2.39. The molecule has 6 heteroatoms. The van der Waals surface area contributed by atoms with Crippen molar-refractivity contribution in [3.8, 4) is 0 Å². The molecule has 1 unspecified atom stereocenters. The molecule has 2 N–H and O–H groups in total. The first-order valence-corrected chi connectivity index (χ1v) is 9.36. The molecule has 1 saturated carbocycles. The molecule has 0 spiro atoms. The molecule has 0 radical (unpaired) electrons. The van der Waals surface area contributed by atoms with E-state index in [1.807, 2.05) is 12.1 Å². The molecule has 1 aromatic carbocycles. The van der Waals surface area contributed by atoms with E-state index in [1.165, 1.54) is 0 Å². The molecule has 1 aromatic rings. The minimum absolute atomic E-state index is 0.117. The lowest BCUT2D eigenvalue weighted by Crippen LogP contribution is -2.55. The molecule has 1 atom stereocenters. The number of carbonyl (C=O) groups excluding carboxylic acids is 2. The zero-order chi connectivity index (χ0) is 18.0. The van der Waals surface area contributed by atoms with Crippen molar-refractivity contribution in [3.63, 3.8) is 0 Å². The Labute approximate surface area is 158 Å². The van der Waals surface area contributed by atoms with Crippen LogP contribution in [0.1, 0.15) is 50.0 Å². The Bertz CT molecular complexity index is 697. The number of nitrogens with one attached hydrogen (secondary N) is 2. The molecule has 134 valence electrons. The lowest BCUT2D eigenvalue weighted by atomic mass is 9.74. The molecule has 1 amide bonds. The van der Waals surface area contributed by atoms with Crippen LogP contribution < -0.4 is 10.6 Å². The molecule has 4 nitrogen and oxygen atoms in total. The second-order valence-corrected chi connectivity index (χ2v) is 7.89. The van der Waals surface area contributed by atoms with Gasteiger partial charge in [0.1, 0.15) is 12.3 Å². The molecule has 1 heterocycles. The molecule has 1 aliphatic carbocycles. The van der Waals surface area contributed by atoms with E-state index >= 15 is 0 Å². The first kappa shape index (κ1) is 18.3. The fraction of sp³-hybridized carbons (Fsp3) is 0.474. The van der Waals surface area contributed by atoms with Crippen LogP contribution in [0.5, 0.6) is 0 Å². The average Bonchev–Trinajstić information content (AvgIpc) is 3.03. The van der Waals surface area contributed by atoms with Crippen LogP contribution in [0.15, 0.2) is 30.5 Å². The molecule has 1 aliphatic heterocycles. The third kappa shape index (κ3) is 4.01. The summed E-state index contributed by atoms with van der Waals surface area (Å²) < 4.78 is 0. The predicted octanol–water partition coefficient (Wildman–Crippen LogP) is 3.97. The summed E-state index contributed by atoms with van der Waals surface area (Å²) in [5.41, 5.74) is 1.16. The Kier molecular flexibility index (Phi) is 5.40. The highest BCUT2D eigenvalue weighted by Crippen LogP contribution is 2.40. The third-order valence-corrected chi connectivity index (χ3v) is 5.87. The smallest absolute Gasteiger partial charge is 0.243 e. The van der Waals surface area contributed by atoms with E-state index in [1.54, 1.807) is 6.07 Å². The number of halogens is 2. The van der Waals surface area contributed by atoms with Crippen molar-refractivity contribution in [2.24, 2.45) is 0 Å². The van der Waals surface area contributed by atoms with Gasteiger partial charge in [-0.15, -0.1) is 0 Å². The number of hydrogen-bond donors (Lipinski definition) is 2. The monoisotopic (exact) mass is 380 g/mol. The van der Waals surface area contributed by atoms with Crippen LogP contribution in [-0.2, 0) is 9.59 Å². The van der Waals surface area contributed by atoms with Crippen molar-refractivity contribution in [2.75, 3.05) is 0 Å². The van der Waals surface area contributed by atoms with Crippen LogP contribution >= 0.6 is 23.2 Å². The van der Waals surface area contributed by atoms with Crippen molar-refractivity contribution in [1.29, 1.82) is 0 Å². The summed E-state index contributed by atoms with van der Waals surface area (Å²) in [6.07, 6.45) is 5.23. The third-order valence-electron chi connectivity index (χ3n) is 5.31. The second-order valence-electron chi connectivity index (χ2n) is 7.04. The van der Waals surface area contributed by atoms with E-state index in [0.29, 0.717) is 22.9 Å². The van der Waals surface area contributed by atoms with Gasteiger partial charge in [0.2, 0.25) is 5.91 Å². The van der Waals surface area contributed by atoms with Crippen molar-refractivity contribution in [1.82, 2.24) is 10.6 Å². The van der Waals surface area contributed by atoms with E-state index < -0.39 is 5.54 Å². The van der Waals surface area contributed by atoms with Gasteiger partial charge in [-0.2, -0.15) is 0 Å². The van der Waals surface area contributed by atoms with Crippen LogP contribution in [0, 0.1) is 0 Å². The van der Waals surface area contributed by atoms with Crippen LogP contribution in [0.3, 0.4) is 0 Å². The minimum Gasteiger partial charge on any atom is -0.378 e. The number of hydrogen-bond acceptors (Lipinski definition) is 3. The quantitative estimate of drug-likeness (QED) is 0.776. The predicted molar refractivity (Wildman–Crippen MR) is 99.9 cm³/mol. The molecule has 2 fully saturated rings. The van der Waals surface area contributed by atoms with E-state index in [-0.39, 0.29) is 17.9 Å². The van der Waals surface area contributed by atoms with Gasteiger partial charge >= 0.3 is 0 Å². The molecule has 25 heavy (non-hydrogen) atoms. The minimum atomic E-state index is -0.780. The van der Waals surface area contributed by atoms with Crippen LogP contribution in [0.2, 0.25) is 10.0 Å². The summed E-state index contributed by atoms with van der Waals surface area (Å²) in [4.78, 5) is 24.2. The standard InChI is InChI=1S/C19H22Cl2N2O2/c1-12-2-5-17(22-12)18(25)23-19(11-24)8-6-13(7-9-19)15-4-3-14(20)10-16(15)21/h3-4,10-11,13,17,22H,1-2,5-9H2,(H,23,25). The fourth-order valence-electron chi connectivity index (χ4n) is 3.79. The van der Waals surface area contributed by atoms with E-state index in [0.717, 1.165) is 43.2 Å². The molecule has 2 aliphatic rings. The molecule has 0 aromatic heterocycles. The molecule has 0 bridgehead atoms. The van der Waals surface area contributed by atoms with Gasteiger partial charge < -0.3 is 15.4 Å². The summed E-state index contributed by atoms with van der Waals surface area (Å²) in [5, 5.41) is 7.33. The second kappa shape index (κ2) is 7.38. The number of rotatable bonds is 4. The van der Waals surface area contributed by atoms with Crippen molar-refractivity contribution in [3.05, 3.63) is 46.1 Å². The van der Waals surface area contributed by atoms with Crippen molar-refractivity contribution < 1.29 is 9.59 Å². The Hall–Kier alpha value is -1.52. The number of carbonyl (C=O) groups is 2. The van der Waals surface area contributed by atoms with Gasteiger partial charge in [-0.25, -0.2) is 0 Å². The SMILES string of the molecule is C=C1CCC(C(=O)NC2(C=O)CCC(c3ccc(Cl)cc3Cl)CC2)N1. The van der Waals surface area contributed by atoms with Gasteiger partial charge in [0, 0.05) is 15.7 Å². The van der Waals surface area contributed by atoms with E-state index in [9.17, 15) is 9.59 Å². The first-order valence-electron chi connectivity index (χ1n) is 8.60. The zero-order valence-corrected chi connectivity index (χ0v) is 15.5. The van der Waals surface area contributed by atoms with E-state index in [4.69, 9.17) is 23.2 Å². The number of benzene rings is 1. The lowest BCUT2D eigenvalue weighted by molar-refractivity contribution is -0.129. The number of allylic oxidation sites excluding steroid dienone is 1. The average molecular weight is 381 g/mol. The Morgan fingerprint density at radius 3 is 2.56 bits per heavy atom. The Morgan fingerprint density at radius 2 is 2.00 bits per heavy atom. The summed E-state index contributed by atoms with van der Waals surface area (Å²) in [7, 11) is 0. The van der Waals surface area contributed by atoms with Gasteiger partial charge in [-0.05, 0) is 62.1 Å². The molecule has 3 rings (SSSR count). The molecular weight excluding hydrogens is 359 g/mol. The summed E-state index contributed by atoms with van der Waals surface area (Å²) in [5.74, 6) is 0.160. The van der Waals surface area contributed by atoms with Crippen LogP contribution in [-0.4, -0.2) is 23.8 Å². The van der Waals surface area contributed by atoms with Gasteiger partial charge in [-0.3, -0.25) is 4.79 Å². The maximum Gasteiger partial charge on any atom is 0.243 e. The van der Waals surface area contributed by atoms with Gasteiger partial charge in [0.25, 0.3) is 0 Å². The van der Waals surface area contributed by atoms with Crippen LogP contribution in [0.25, 0.3) is 0 Å². The Morgan fingerprint density at radius 1 is 1.28 bits per heavy atom. The fourth-order valence-corrected chi connectivity index (χ4v) is 4.35. The van der Waals surface area contributed by atoms with Crippen LogP contribution in [0.4, 0.5) is 0 Å². The number of aldehydes is 1. The summed E-state index contributed by atoms with van der Waals surface area (Å²) in [6, 6.07) is 5.26. The highest BCUT2D eigenvalue weighted by atomic mass is 35.5. The van der Waals surface area contributed by atoms with Gasteiger partial charge in [0.15, 0.2) is 0 Å². The van der Waals surface area contributed by atoms with E-state index in [2.05, 4.69) is 17.2 Å². The van der Waals surface area contributed by atoms with Crippen molar-refractivity contribution >= 4 is 35.4 Å². The highest BCUT2D eigenvalue weighted by molar-refractivity contribution is 6.35. The van der Waals surface area contributed by atoms with Crippen molar-refractivity contribution in [2.45, 2.75) is 56.0 Å². The normalized spacial score (nSPS) is 29.1. The maximum atomic E-state index is 12.5. The first-order chi connectivity index (χ1) is 11.9. The zero-order valence-electron chi connectivity index (χ0n) is 14.0. The van der Waals surface area contributed by atoms with Gasteiger partial charge in [0.05, 0.1) is 5.54 Å². The Balaban J connectivity index is 1.64.